The first kappa shape index (κ1) is 16.5. The van der Waals surface area contributed by atoms with E-state index in [4.69, 9.17) is 4.74 Å². The van der Waals surface area contributed by atoms with Crippen LogP contribution in [0.15, 0.2) is 18.2 Å². The molecule has 5 nitrogen and oxygen atoms in total. The van der Waals surface area contributed by atoms with E-state index in [0.717, 1.165) is 5.56 Å². The summed E-state index contributed by atoms with van der Waals surface area (Å²) in [5.74, 6) is -0.267. The molecule has 0 bridgehead atoms. The van der Waals surface area contributed by atoms with Gasteiger partial charge < -0.3 is 20.3 Å². The third kappa shape index (κ3) is 4.34. The molecule has 0 spiro atoms. The van der Waals surface area contributed by atoms with Crippen molar-refractivity contribution in [2.24, 2.45) is 0 Å². The Morgan fingerprint density at radius 1 is 1.32 bits per heavy atom. The minimum absolute atomic E-state index is 0.0854. The smallest absolute Gasteiger partial charge is 0.315 e. The summed E-state index contributed by atoms with van der Waals surface area (Å²) in [5, 5.41) is 5.33. The van der Waals surface area contributed by atoms with Gasteiger partial charge >= 0.3 is 6.03 Å². The predicted molar refractivity (Wildman–Crippen MR) is 84.5 cm³/mol. The van der Waals surface area contributed by atoms with Gasteiger partial charge in [-0.1, -0.05) is 6.07 Å². The lowest BCUT2D eigenvalue weighted by molar-refractivity contribution is -0.00539. The molecular weight excluding hydrogens is 285 g/mol. The van der Waals surface area contributed by atoms with Crippen molar-refractivity contribution >= 4 is 11.7 Å². The topological polar surface area (TPSA) is 53.6 Å². The molecule has 22 heavy (non-hydrogen) atoms. The van der Waals surface area contributed by atoms with Crippen molar-refractivity contribution < 1.29 is 13.9 Å². The highest BCUT2D eigenvalue weighted by Crippen LogP contribution is 2.24. The fraction of sp³-hybridized carbons (Fsp3) is 0.562. The number of carbonyl (C=O) groups excluding carboxylic acids is 1. The Kier molecular flexibility index (Phi) is 5.60. The van der Waals surface area contributed by atoms with Gasteiger partial charge in [0.15, 0.2) is 0 Å². The van der Waals surface area contributed by atoms with E-state index in [1.165, 1.54) is 6.07 Å². The number of carbonyl (C=O) groups is 1. The summed E-state index contributed by atoms with van der Waals surface area (Å²) in [6, 6.07) is 4.85. The summed E-state index contributed by atoms with van der Waals surface area (Å²) in [7, 11) is 0. The van der Waals surface area contributed by atoms with Crippen LogP contribution in [0.25, 0.3) is 0 Å². The largest absolute Gasteiger partial charge is 0.372 e. The SMILES string of the molecule is CCNC(=O)NCc1ccc(N2C[C@@H](C)O[C@H](C)C2)c(F)c1. The van der Waals surface area contributed by atoms with Crippen molar-refractivity contribution in [1.29, 1.82) is 0 Å². The van der Waals surface area contributed by atoms with E-state index in [1.54, 1.807) is 6.07 Å². The highest BCUT2D eigenvalue weighted by molar-refractivity contribution is 5.73. The lowest BCUT2D eigenvalue weighted by Gasteiger charge is -2.37. The Hall–Kier alpha value is -1.82. The molecule has 1 aromatic carbocycles. The Bertz CT molecular complexity index is 514. The van der Waals surface area contributed by atoms with Gasteiger partial charge in [0, 0.05) is 26.2 Å². The van der Waals surface area contributed by atoms with E-state index in [-0.39, 0.29) is 24.1 Å². The molecule has 0 saturated carbocycles. The Balaban J connectivity index is 2.01. The average molecular weight is 309 g/mol. The third-order valence-corrected chi connectivity index (χ3v) is 3.56. The van der Waals surface area contributed by atoms with Crippen molar-refractivity contribution in [1.82, 2.24) is 10.6 Å². The fourth-order valence-electron chi connectivity index (χ4n) is 2.70. The Morgan fingerprint density at radius 3 is 2.59 bits per heavy atom. The molecule has 1 saturated heterocycles. The van der Waals surface area contributed by atoms with Crippen molar-refractivity contribution in [2.75, 3.05) is 24.5 Å². The van der Waals surface area contributed by atoms with Gasteiger partial charge in [-0.2, -0.15) is 0 Å². The summed E-state index contributed by atoms with van der Waals surface area (Å²) in [6.45, 7) is 8.05. The van der Waals surface area contributed by atoms with Crippen molar-refractivity contribution in [3.63, 3.8) is 0 Å². The first-order valence-electron chi connectivity index (χ1n) is 7.70. The number of nitrogens with one attached hydrogen (secondary N) is 2. The molecule has 1 fully saturated rings. The molecule has 122 valence electrons. The third-order valence-electron chi connectivity index (χ3n) is 3.56. The number of anilines is 1. The lowest BCUT2D eigenvalue weighted by Crippen LogP contribution is -2.45. The molecule has 6 heteroatoms. The number of hydrogen-bond acceptors (Lipinski definition) is 3. The normalized spacial score (nSPS) is 21.5. The van der Waals surface area contributed by atoms with Crippen molar-refractivity contribution in [3.05, 3.63) is 29.6 Å². The minimum Gasteiger partial charge on any atom is -0.372 e. The highest BCUT2D eigenvalue weighted by atomic mass is 19.1. The monoisotopic (exact) mass is 309 g/mol. The zero-order valence-electron chi connectivity index (χ0n) is 13.4. The maximum Gasteiger partial charge on any atom is 0.315 e. The van der Waals surface area contributed by atoms with Crippen LogP contribution in [0.5, 0.6) is 0 Å². The number of hydrogen-bond donors (Lipinski definition) is 2. The predicted octanol–water partition coefficient (Wildman–Crippen LogP) is 2.26. The molecule has 2 rings (SSSR count). The van der Waals surface area contributed by atoms with E-state index in [0.29, 0.717) is 31.9 Å². The number of urea groups is 1. The molecule has 1 aromatic rings. The zero-order valence-corrected chi connectivity index (χ0v) is 13.4. The molecule has 1 aliphatic rings. The van der Waals surface area contributed by atoms with Gasteiger partial charge in [-0.25, -0.2) is 9.18 Å². The summed E-state index contributed by atoms with van der Waals surface area (Å²) in [4.78, 5) is 13.4. The lowest BCUT2D eigenvalue weighted by atomic mass is 10.1. The fourth-order valence-corrected chi connectivity index (χ4v) is 2.70. The van der Waals surface area contributed by atoms with Crippen molar-refractivity contribution in [2.45, 2.75) is 39.5 Å². The number of nitrogens with zero attached hydrogens (tertiary/aromatic N) is 1. The van der Waals surface area contributed by atoms with Gasteiger partial charge in [-0.05, 0) is 38.5 Å². The second-order valence-electron chi connectivity index (χ2n) is 5.66. The molecule has 1 heterocycles. The van der Waals surface area contributed by atoms with Gasteiger partial charge in [0.1, 0.15) is 5.82 Å². The van der Waals surface area contributed by atoms with E-state index in [9.17, 15) is 9.18 Å². The van der Waals surface area contributed by atoms with Crippen LogP contribution in [0.4, 0.5) is 14.9 Å². The summed E-state index contributed by atoms with van der Waals surface area (Å²) >= 11 is 0. The molecule has 0 unspecified atom stereocenters. The molecule has 2 amide bonds. The van der Waals surface area contributed by atoms with E-state index in [2.05, 4.69) is 10.6 Å². The van der Waals surface area contributed by atoms with Gasteiger partial charge in [0.05, 0.1) is 17.9 Å². The van der Waals surface area contributed by atoms with Crippen LogP contribution in [-0.2, 0) is 11.3 Å². The zero-order chi connectivity index (χ0) is 16.1. The molecule has 2 atom stereocenters. The van der Waals surface area contributed by atoms with Crippen LogP contribution in [-0.4, -0.2) is 37.9 Å². The van der Waals surface area contributed by atoms with E-state index >= 15 is 0 Å². The molecular formula is C16H24FN3O2. The maximum absolute atomic E-state index is 14.4. The van der Waals surface area contributed by atoms with Crippen LogP contribution in [0.1, 0.15) is 26.3 Å². The molecule has 0 radical (unpaired) electrons. The van der Waals surface area contributed by atoms with Gasteiger partial charge in [-0.15, -0.1) is 0 Å². The molecule has 0 aliphatic carbocycles. The van der Waals surface area contributed by atoms with Crippen LogP contribution in [0.3, 0.4) is 0 Å². The summed E-state index contributed by atoms with van der Waals surface area (Å²) in [5.41, 5.74) is 1.32. The maximum atomic E-state index is 14.4. The van der Waals surface area contributed by atoms with Gasteiger partial charge in [0.2, 0.25) is 0 Å². The average Bonchev–Trinajstić information content (AvgIpc) is 2.44. The highest BCUT2D eigenvalue weighted by Gasteiger charge is 2.24. The van der Waals surface area contributed by atoms with Crippen LogP contribution >= 0.6 is 0 Å². The summed E-state index contributed by atoms with van der Waals surface area (Å²) < 4.78 is 20.0. The van der Waals surface area contributed by atoms with E-state index < -0.39 is 0 Å². The number of morpholine rings is 1. The van der Waals surface area contributed by atoms with Crippen LogP contribution in [0.2, 0.25) is 0 Å². The number of halogens is 1. The molecule has 0 aromatic heterocycles. The summed E-state index contributed by atoms with van der Waals surface area (Å²) in [6.07, 6.45) is 0.171. The Morgan fingerprint density at radius 2 is 2.00 bits per heavy atom. The first-order chi connectivity index (χ1) is 10.5. The number of ether oxygens (including phenoxy) is 1. The molecule has 1 aliphatic heterocycles. The number of rotatable bonds is 4. The van der Waals surface area contributed by atoms with Gasteiger partial charge in [0.25, 0.3) is 0 Å². The Labute approximate surface area is 130 Å². The van der Waals surface area contributed by atoms with Crippen molar-refractivity contribution in [3.8, 4) is 0 Å². The number of amides is 2. The number of benzene rings is 1. The standard InChI is InChI=1S/C16H24FN3O2/c1-4-18-16(21)19-8-13-5-6-15(14(17)7-13)20-9-11(2)22-12(3)10-20/h5-7,11-12H,4,8-10H2,1-3H3,(H2,18,19,21)/t11-,12-/m1/s1. The molecule has 2 N–H and O–H groups in total. The second kappa shape index (κ2) is 7.45. The van der Waals surface area contributed by atoms with Crippen LogP contribution in [0, 0.1) is 5.82 Å². The first-order valence-corrected chi connectivity index (χ1v) is 7.70. The van der Waals surface area contributed by atoms with Crippen LogP contribution < -0.4 is 15.5 Å². The van der Waals surface area contributed by atoms with Gasteiger partial charge in [-0.3, -0.25) is 0 Å². The van der Waals surface area contributed by atoms with E-state index in [1.807, 2.05) is 31.7 Å². The second-order valence-corrected chi connectivity index (χ2v) is 5.66. The quantitative estimate of drug-likeness (QED) is 0.897. The minimum atomic E-state index is -0.267.